The molecule has 1 aromatic carbocycles. The highest BCUT2D eigenvalue weighted by molar-refractivity contribution is 5.70. The smallest absolute Gasteiger partial charge is 0.307 e. The number of nitrogen functional groups attached to an aromatic ring is 1. The summed E-state index contributed by atoms with van der Waals surface area (Å²) in [6.07, 6.45) is 1.43. The molecule has 0 saturated heterocycles. The summed E-state index contributed by atoms with van der Waals surface area (Å²) in [6.45, 7) is 6.14. The zero-order valence-corrected chi connectivity index (χ0v) is 11.7. The molecule has 1 aliphatic heterocycles. The number of carbonyl (C=O) groups is 1. The lowest BCUT2D eigenvalue weighted by molar-refractivity contribution is -0.144. The van der Waals surface area contributed by atoms with Gasteiger partial charge in [-0.1, -0.05) is 12.1 Å². The van der Waals surface area contributed by atoms with E-state index >= 15 is 0 Å². The molecule has 2 N–H and O–H groups in total. The highest BCUT2D eigenvalue weighted by Crippen LogP contribution is 2.26. The molecule has 0 saturated carbocycles. The summed E-state index contributed by atoms with van der Waals surface area (Å²) < 4.78 is 5.01. The zero-order valence-electron chi connectivity index (χ0n) is 11.7. The topological polar surface area (TPSA) is 55.6 Å². The molecular weight excluding hydrogens is 240 g/mol. The summed E-state index contributed by atoms with van der Waals surface area (Å²) in [5.41, 5.74) is 9.43. The molecule has 4 nitrogen and oxygen atoms in total. The van der Waals surface area contributed by atoms with E-state index in [0.717, 1.165) is 25.2 Å². The van der Waals surface area contributed by atoms with Gasteiger partial charge in [-0.25, -0.2) is 0 Å². The van der Waals surface area contributed by atoms with Gasteiger partial charge in [0.15, 0.2) is 0 Å². The highest BCUT2D eigenvalue weighted by atomic mass is 16.5. The van der Waals surface area contributed by atoms with E-state index in [2.05, 4.69) is 17.9 Å². The van der Waals surface area contributed by atoms with Gasteiger partial charge in [-0.05, 0) is 37.5 Å². The van der Waals surface area contributed by atoms with Crippen molar-refractivity contribution in [1.82, 2.24) is 4.90 Å². The van der Waals surface area contributed by atoms with Gasteiger partial charge in [0.1, 0.15) is 0 Å². The highest BCUT2D eigenvalue weighted by Gasteiger charge is 2.23. The SMILES string of the molecule is CCOC(=O)CC(C)N1CCc2cccc(N)c2C1. The monoisotopic (exact) mass is 262 g/mol. The van der Waals surface area contributed by atoms with Crippen LogP contribution in [0, 0.1) is 0 Å². The van der Waals surface area contributed by atoms with Gasteiger partial charge in [0, 0.05) is 24.8 Å². The van der Waals surface area contributed by atoms with Gasteiger partial charge in [-0.15, -0.1) is 0 Å². The number of nitrogens with zero attached hydrogens (tertiary/aromatic N) is 1. The van der Waals surface area contributed by atoms with Crippen molar-refractivity contribution in [3.8, 4) is 0 Å². The molecule has 104 valence electrons. The molecule has 0 spiro atoms. The number of fused-ring (bicyclic) bond motifs is 1. The van der Waals surface area contributed by atoms with Gasteiger partial charge in [0.05, 0.1) is 13.0 Å². The molecule has 0 radical (unpaired) electrons. The van der Waals surface area contributed by atoms with Crippen LogP contribution in [0.4, 0.5) is 5.69 Å². The number of esters is 1. The van der Waals surface area contributed by atoms with E-state index < -0.39 is 0 Å². The summed E-state index contributed by atoms with van der Waals surface area (Å²) in [6, 6.07) is 6.27. The van der Waals surface area contributed by atoms with Crippen molar-refractivity contribution in [3.05, 3.63) is 29.3 Å². The molecule has 4 heteroatoms. The number of benzene rings is 1. The van der Waals surface area contributed by atoms with E-state index in [1.54, 1.807) is 0 Å². The Kier molecular flexibility index (Phi) is 4.43. The van der Waals surface area contributed by atoms with E-state index in [1.165, 1.54) is 11.1 Å². The van der Waals surface area contributed by atoms with Gasteiger partial charge < -0.3 is 10.5 Å². The van der Waals surface area contributed by atoms with E-state index in [9.17, 15) is 4.79 Å². The Balaban J connectivity index is 2.01. The van der Waals surface area contributed by atoms with Crippen molar-refractivity contribution in [3.63, 3.8) is 0 Å². The Hall–Kier alpha value is -1.55. The minimum atomic E-state index is -0.123. The number of ether oxygens (including phenoxy) is 1. The summed E-state index contributed by atoms with van der Waals surface area (Å²) >= 11 is 0. The first kappa shape index (κ1) is 13.9. The maximum Gasteiger partial charge on any atom is 0.307 e. The Bertz CT molecular complexity index is 459. The fraction of sp³-hybridized carbons (Fsp3) is 0.533. The number of anilines is 1. The second-order valence-corrected chi connectivity index (χ2v) is 5.06. The van der Waals surface area contributed by atoms with Gasteiger partial charge in [-0.2, -0.15) is 0 Å². The van der Waals surface area contributed by atoms with Crippen molar-refractivity contribution in [2.45, 2.75) is 39.3 Å². The van der Waals surface area contributed by atoms with Crippen LogP contribution < -0.4 is 5.73 Å². The van der Waals surface area contributed by atoms with Crippen LogP contribution in [0.5, 0.6) is 0 Å². The molecule has 1 atom stereocenters. The van der Waals surface area contributed by atoms with Gasteiger partial charge in [0.2, 0.25) is 0 Å². The first-order valence-electron chi connectivity index (χ1n) is 6.87. The third kappa shape index (κ3) is 3.26. The summed E-state index contributed by atoms with van der Waals surface area (Å²) in [7, 11) is 0. The molecule has 1 heterocycles. The van der Waals surface area contributed by atoms with Gasteiger partial charge in [0.25, 0.3) is 0 Å². The summed E-state index contributed by atoms with van der Waals surface area (Å²) in [4.78, 5) is 13.8. The quantitative estimate of drug-likeness (QED) is 0.666. The molecule has 0 amide bonds. The Morgan fingerprint density at radius 2 is 2.32 bits per heavy atom. The Morgan fingerprint density at radius 3 is 3.05 bits per heavy atom. The largest absolute Gasteiger partial charge is 0.466 e. The zero-order chi connectivity index (χ0) is 13.8. The Labute approximate surface area is 114 Å². The summed E-state index contributed by atoms with van der Waals surface area (Å²) in [5.74, 6) is -0.123. The molecule has 0 bridgehead atoms. The Morgan fingerprint density at radius 1 is 1.53 bits per heavy atom. The lowest BCUT2D eigenvalue weighted by atomic mass is 9.97. The average Bonchev–Trinajstić information content (AvgIpc) is 2.39. The van der Waals surface area contributed by atoms with Crippen molar-refractivity contribution >= 4 is 11.7 Å². The first-order valence-corrected chi connectivity index (χ1v) is 6.87. The predicted molar refractivity (Wildman–Crippen MR) is 75.7 cm³/mol. The molecule has 1 unspecified atom stereocenters. The molecule has 2 rings (SSSR count). The van der Waals surface area contributed by atoms with Crippen LogP contribution in [0.15, 0.2) is 18.2 Å². The fourth-order valence-corrected chi connectivity index (χ4v) is 2.59. The van der Waals surface area contributed by atoms with Crippen LogP contribution in [-0.4, -0.2) is 30.1 Å². The van der Waals surface area contributed by atoms with Crippen LogP contribution in [0.25, 0.3) is 0 Å². The van der Waals surface area contributed by atoms with Crippen molar-refractivity contribution in [2.24, 2.45) is 0 Å². The van der Waals surface area contributed by atoms with Crippen molar-refractivity contribution in [1.29, 1.82) is 0 Å². The minimum Gasteiger partial charge on any atom is -0.466 e. The maximum absolute atomic E-state index is 11.5. The fourth-order valence-electron chi connectivity index (χ4n) is 2.59. The molecule has 19 heavy (non-hydrogen) atoms. The molecule has 0 aromatic heterocycles. The van der Waals surface area contributed by atoms with E-state index in [4.69, 9.17) is 10.5 Å². The minimum absolute atomic E-state index is 0.123. The lowest BCUT2D eigenvalue weighted by Gasteiger charge is -2.33. The number of hydrogen-bond acceptors (Lipinski definition) is 4. The summed E-state index contributed by atoms with van der Waals surface area (Å²) in [5, 5.41) is 0. The molecule has 1 aliphatic rings. The van der Waals surface area contributed by atoms with E-state index in [0.29, 0.717) is 13.0 Å². The van der Waals surface area contributed by atoms with Gasteiger partial charge >= 0.3 is 5.97 Å². The molecule has 0 aliphatic carbocycles. The van der Waals surface area contributed by atoms with Crippen molar-refractivity contribution in [2.75, 3.05) is 18.9 Å². The normalized spacial score (nSPS) is 16.7. The molecule has 1 aromatic rings. The van der Waals surface area contributed by atoms with Crippen LogP contribution >= 0.6 is 0 Å². The average molecular weight is 262 g/mol. The van der Waals surface area contributed by atoms with Gasteiger partial charge in [-0.3, -0.25) is 9.69 Å². The van der Waals surface area contributed by atoms with Crippen LogP contribution in [-0.2, 0) is 22.5 Å². The molecular formula is C15H22N2O2. The number of hydrogen-bond donors (Lipinski definition) is 1. The third-order valence-corrected chi connectivity index (χ3v) is 3.73. The first-order chi connectivity index (χ1) is 9.11. The number of nitrogens with two attached hydrogens (primary N) is 1. The van der Waals surface area contributed by atoms with Crippen molar-refractivity contribution < 1.29 is 9.53 Å². The number of rotatable bonds is 4. The third-order valence-electron chi connectivity index (χ3n) is 3.73. The maximum atomic E-state index is 11.5. The lowest BCUT2D eigenvalue weighted by Crippen LogP contribution is -2.39. The van der Waals surface area contributed by atoms with Crippen LogP contribution in [0.1, 0.15) is 31.4 Å². The van der Waals surface area contributed by atoms with E-state index in [-0.39, 0.29) is 12.0 Å². The van der Waals surface area contributed by atoms with Crippen LogP contribution in [0.3, 0.4) is 0 Å². The van der Waals surface area contributed by atoms with Crippen LogP contribution in [0.2, 0.25) is 0 Å². The van der Waals surface area contributed by atoms with E-state index in [1.807, 2.05) is 19.1 Å². The second kappa shape index (κ2) is 6.06. The standard InChI is InChI=1S/C15H22N2O2/c1-3-19-15(18)9-11(2)17-8-7-12-5-4-6-14(16)13(12)10-17/h4-6,11H,3,7-10,16H2,1-2H3. The molecule has 0 fully saturated rings. The number of carbonyl (C=O) groups excluding carboxylic acids is 1. The second-order valence-electron chi connectivity index (χ2n) is 5.06. The predicted octanol–water partition coefficient (Wildman–Crippen LogP) is 1.97.